The SMILES string of the molecule is CC(C)N1CCN(Cc2ccccc2)C(=O)C1.CC(C)N1CCN(Cc2ccccc2)CC1. The van der Waals surface area contributed by atoms with Gasteiger partial charge in [-0.3, -0.25) is 19.5 Å². The van der Waals surface area contributed by atoms with Crippen LogP contribution in [-0.4, -0.2) is 83.4 Å². The summed E-state index contributed by atoms with van der Waals surface area (Å²) < 4.78 is 0. The van der Waals surface area contributed by atoms with Crippen molar-refractivity contribution in [1.82, 2.24) is 19.6 Å². The Kier molecular flexibility index (Phi) is 9.92. The van der Waals surface area contributed by atoms with Gasteiger partial charge in [-0.2, -0.15) is 0 Å². The molecule has 2 aliphatic rings. The molecule has 0 N–H and O–H groups in total. The van der Waals surface area contributed by atoms with Crippen molar-refractivity contribution in [3.8, 4) is 0 Å². The van der Waals surface area contributed by atoms with Gasteiger partial charge in [0.05, 0.1) is 6.54 Å². The van der Waals surface area contributed by atoms with Gasteiger partial charge in [0, 0.05) is 64.4 Å². The molecule has 33 heavy (non-hydrogen) atoms. The summed E-state index contributed by atoms with van der Waals surface area (Å²) in [7, 11) is 0. The lowest BCUT2D eigenvalue weighted by atomic mass is 10.2. The van der Waals surface area contributed by atoms with Crippen molar-refractivity contribution in [3.05, 3.63) is 71.8 Å². The maximum Gasteiger partial charge on any atom is 0.237 e. The first-order chi connectivity index (χ1) is 15.9. The van der Waals surface area contributed by atoms with Crippen molar-refractivity contribution in [3.63, 3.8) is 0 Å². The molecule has 2 aliphatic heterocycles. The fourth-order valence-electron chi connectivity index (χ4n) is 4.42. The number of piperazine rings is 2. The molecule has 0 atom stereocenters. The van der Waals surface area contributed by atoms with Gasteiger partial charge in [-0.15, -0.1) is 0 Å². The van der Waals surface area contributed by atoms with Gasteiger partial charge < -0.3 is 4.90 Å². The van der Waals surface area contributed by atoms with E-state index in [1.54, 1.807) is 0 Å². The highest BCUT2D eigenvalue weighted by Gasteiger charge is 2.25. The van der Waals surface area contributed by atoms with Crippen molar-refractivity contribution in [2.24, 2.45) is 0 Å². The molecule has 1 amide bonds. The second kappa shape index (κ2) is 12.9. The van der Waals surface area contributed by atoms with Gasteiger partial charge in [-0.1, -0.05) is 60.7 Å². The molecule has 2 heterocycles. The first-order valence-corrected chi connectivity index (χ1v) is 12.5. The molecule has 2 aromatic carbocycles. The maximum absolute atomic E-state index is 12.0. The summed E-state index contributed by atoms with van der Waals surface area (Å²) >= 11 is 0. The van der Waals surface area contributed by atoms with Gasteiger partial charge in [0.15, 0.2) is 0 Å². The summed E-state index contributed by atoms with van der Waals surface area (Å²) in [4.78, 5) is 21.3. The molecule has 0 bridgehead atoms. The lowest BCUT2D eigenvalue weighted by molar-refractivity contribution is -0.137. The van der Waals surface area contributed by atoms with E-state index in [9.17, 15) is 4.79 Å². The highest BCUT2D eigenvalue weighted by molar-refractivity contribution is 5.79. The van der Waals surface area contributed by atoms with E-state index < -0.39 is 0 Å². The van der Waals surface area contributed by atoms with Gasteiger partial charge in [0.1, 0.15) is 0 Å². The zero-order valence-corrected chi connectivity index (χ0v) is 21.0. The van der Waals surface area contributed by atoms with Gasteiger partial charge in [-0.25, -0.2) is 0 Å². The van der Waals surface area contributed by atoms with Crippen LogP contribution in [0, 0.1) is 0 Å². The monoisotopic (exact) mass is 450 g/mol. The van der Waals surface area contributed by atoms with E-state index in [0.717, 1.165) is 26.2 Å². The summed E-state index contributed by atoms with van der Waals surface area (Å²) in [5.74, 6) is 0.244. The Hall–Kier alpha value is -2.21. The number of carbonyl (C=O) groups is 1. The Morgan fingerprint density at radius 3 is 1.61 bits per heavy atom. The molecule has 0 spiro atoms. The fourth-order valence-corrected chi connectivity index (χ4v) is 4.42. The summed E-state index contributed by atoms with van der Waals surface area (Å²) in [5.41, 5.74) is 2.64. The van der Waals surface area contributed by atoms with Crippen LogP contribution in [0.2, 0.25) is 0 Å². The smallest absolute Gasteiger partial charge is 0.237 e. The summed E-state index contributed by atoms with van der Waals surface area (Å²) in [6, 6.07) is 22.1. The normalized spacial score (nSPS) is 18.5. The molecule has 180 valence electrons. The van der Waals surface area contributed by atoms with Crippen LogP contribution >= 0.6 is 0 Å². The Balaban J connectivity index is 0.000000186. The number of nitrogens with zero attached hydrogens (tertiary/aromatic N) is 4. The number of rotatable bonds is 6. The second-order valence-electron chi connectivity index (χ2n) is 9.76. The largest absolute Gasteiger partial charge is 0.336 e. The van der Waals surface area contributed by atoms with Crippen LogP contribution < -0.4 is 0 Å². The van der Waals surface area contributed by atoms with Gasteiger partial charge >= 0.3 is 0 Å². The van der Waals surface area contributed by atoms with Crippen LogP contribution in [0.1, 0.15) is 38.8 Å². The third-order valence-electron chi connectivity index (χ3n) is 6.68. The van der Waals surface area contributed by atoms with E-state index in [1.165, 1.54) is 37.3 Å². The molecule has 2 saturated heterocycles. The topological polar surface area (TPSA) is 30.0 Å². The molecule has 0 unspecified atom stereocenters. The van der Waals surface area contributed by atoms with Crippen LogP contribution in [-0.2, 0) is 17.9 Å². The molecule has 4 rings (SSSR count). The Morgan fingerprint density at radius 2 is 1.12 bits per heavy atom. The average molecular weight is 451 g/mol. The minimum absolute atomic E-state index is 0.244. The van der Waals surface area contributed by atoms with Crippen molar-refractivity contribution in [2.45, 2.75) is 52.9 Å². The molecule has 2 fully saturated rings. The second-order valence-corrected chi connectivity index (χ2v) is 9.76. The Bertz CT molecular complexity index is 816. The summed E-state index contributed by atoms with van der Waals surface area (Å²) in [6.07, 6.45) is 0. The molecule has 0 radical (unpaired) electrons. The zero-order valence-electron chi connectivity index (χ0n) is 21.0. The van der Waals surface area contributed by atoms with Crippen LogP contribution in [0.3, 0.4) is 0 Å². The Morgan fingerprint density at radius 1 is 0.636 bits per heavy atom. The third-order valence-corrected chi connectivity index (χ3v) is 6.68. The molecule has 2 aromatic rings. The predicted octanol–water partition coefficient (Wildman–Crippen LogP) is 3.95. The quantitative estimate of drug-likeness (QED) is 0.667. The number of carbonyl (C=O) groups excluding carboxylic acids is 1. The van der Waals surface area contributed by atoms with E-state index in [1.807, 2.05) is 23.1 Å². The predicted molar refractivity (Wildman–Crippen MR) is 137 cm³/mol. The highest BCUT2D eigenvalue weighted by Crippen LogP contribution is 2.12. The van der Waals surface area contributed by atoms with Gasteiger partial charge in [0.25, 0.3) is 0 Å². The lowest BCUT2D eigenvalue weighted by Gasteiger charge is -2.36. The molecule has 5 nitrogen and oxygen atoms in total. The van der Waals surface area contributed by atoms with Gasteiger partial charge in [-0.05, 0) is 38.8 Å². The number of hydrogen-bond acceptors (Lipinski definition) is 4. The van der Waals surface area contributed by atoms with Crippen LogP contribution in [0.15, 0.2) is 60.7 Å². The van der Waals surface area contributed by atoms with Crippen molar-refractivity contribution < 1.29 is 4.79 Å². The first kappa shape index (κ1) is 25.4. The lowest BCUT2D eigenvalue weighted by Crippen LogP contribution is -2.51. The summed E-state index contributed by atoms with van der Waals surface area (Å²) in [5, 5.41) is 0. The van der Waals surface area contributed by atoms with E-state index >= 15 is 0 Å². The maximum atomic E-state index is 12.0. The van der Waals surface area contributed by atoms with Crippen molar-refractivity contribution >= 4 is 5.91 Å². The van der Waals surface area contributed by atoms with E-state index in [2.05, 4.69) is 84.9 Å². The number of hydrogen-bond donors (Lipinski definition) is 0. The highest BCUT2D eigenvalue weighted by atomic mass is 16.2. The Labute approximate surface area is 201 Å². The number of amides is 1. The third kappa shape index (κ3) is 8.26. The van der Waals surface area contributed by atoms with Crippen molar-refractivity contribution in [1.29, 1.82) is 0 Å². The summed E-state index contributed by atoms with van der Waals surface area (Å²) in [6.45, 7) is 17.9. The minimum Gasteiger partial charge on any atom is -0.336 e. The van der Waals surface area contributed by atoms with E-state index in [-0.39, 0.29) is 5.91 Å². The van der Waals surface area contributed by atoms with Crippen LogP contribution in [0.5, 0.6) is 0 Å². The molecule has 0 aromatic heterocycles. The van der Waals surface area contributed by atoms with Crippen LogP contribution in [0.4, 0.5) is 0 Å². The molecular formula is C28H42N4O. The zero-order chi connectivity index (χ0) is 23.6. The molecular weight excluding hydrogens is 408 g/mol. The van der Waals surface area contributed by atoms with Gasteiger partial charge in [0.2, 0.25) is 5.91 Å². The molecule has 0 aliphatic carbocycles. The first-order valence-electron chi connectivity index (χ1n) is 12.5. The fraction of sp³-hybridized carbons (Fsp3) is 0.536. The average Bonchev–Trinajstić information content (AvgIpc) is 2.82. The minimum atomic E-state index is 0.244. The van der Waals surface area contributed by atoms with E-state index in [4.69, 9.17) is 0 Å². The molecule has 5 heteroatoms. The molecule has 0 saturated carbocycles. The standard InChI is InChI=1S/C14H20N2O.C14H22N2/c1-12(2)15-8-9-16(14(17)11-15)10-13-6-4-3-5-7-13;1-13(2)16-10-8-15(9-11-16)12-14-6-4-3-5-7-14/h3-7,12H,8-11H2,1-2H3;3-7,13H,8-12H2,1-2H3. The van der Waals surface area contributed by atoms with E-state index in [0.29, 0.717) is 18.6 Å². The van der Waals surface area contributed by atoms with Crippen LogP contribution in [0.25, 0.3) is 0 Å². The number of benzene rings is 2. The van der Waals surface area contributed by atoms with Crippen molar-refractivity contribution in [2.75, 3.05) is 45.8 Å².